The predicted octanol–water partition coefficient (Wildman–Crippen LogP) is 1.96. The molecule has 0 radical (unpaired) electrons. The van der Waals surface area contributed by atoms with E-state index in [1.807, 2.05) is 6.07 Å². The second-order valence-electron chi connectivity index (χ2n) is 6.59. The summed E-state index contributed by atoms with van der Waals surface area (Å²) in [5.41, 5.74) is 1.72. The summed E-state index contributed by atoms with van der Waals surface area (Å²) >= 11 is 0. The summed E-state index contributed by atoms with van der Waals surface area (Å²) in [7, 11) is 1.55. The Bertz CT molecular complexity index is 1160. The smallest absolute Gasteiger partial charge is 0.407 e. The van der Waals surface area contributed by atoms with E-state index < -0.39 is 10.7 Å². The van der Waals surface area contributed by atoms with Crippen LogP contribution >= 0.6 is 0 Å². The molecule has 0 aliphatic rings. The van der Waals surface area contributed by atoms with Crippen LogP contribution in [0.1, 0.15) is 28.8 Å². The van der Waals surface area contributed by atoms with Gasteiger partial charge in [0.2, 0.25) is 5.91 Å². The Kier molecular flexibility index (Phi) is 6.26. The van der Waals surface area contributed by atoms with Gasteiger partial charge in [-0.3, -0.25) is 24.3 Å². The number of benzene rings is 2. The topological polar surface area (TPSA) is 136 Å². The molecule has 3 aromatic rings. The summed E-state index contributed by atoms with van der Waals surface area (Å²) in [5, 5.41) is 16.2. The van der Waals surface area contributed by atoms with Gasteiger partial charge in [0.15, 0.2) is 5.58 Å². The molecule has 0 unspecified atom stereocenters. The lowest BCUT2D eigenvalue weighted by atomic mass is 10.1. The van der Waals surface area contributed by atoms with Crippen molar-refractivity contribution < 1.29 is 18.9 Å². The number of aryl methyl sites for hydroxylation is 1. The quantitative estimate of drug-likeness (QED) is 0.429. The molecule has 10 heteroatoms. The lowest BCUT2D eigenvalue weighted by Crippen LogP contribution is -2.24. The Morgan fingerprint density at radius 1 is 1.20 bits per heavy atom. The Morgan fingerprint density at radius 3 is 2.73 bits per heavy atom. The van der Waals surface area contributed by atoms with Gasteiger partial charge in [-0.1, -0.05) is 12.1 Å². The molecule has 2 amide bonds. The van der Waals surface area contributed by atoms with E-state index in [4.69, 9.17) is 4.42 Å². The van der Waals surface area contributed by atoms with Crippen LogP contribution in [-0.2, 0) is 17.9 Å². The fourth-order valence-electron chi connectivity index (χ4n) is 3.03. The maximum Gasteiger partial charge on any atom is 0.419 e. The SMILES string of the molecule is CNC(=O)c1cccc(CNC(=O)CCCn2c(=O)oc3cc([N+](=O)[O-])ccc32)c1. The standard InChI is InChI=1S/C20H20N4O6/c1-21-19(26)14-5-2-4-13(10-14)12-22-18(25)6-3-9-23-16-8-7-15(24(28)29)11-17(16)30-20(23)27/h2,4-5,7-8,10-11H,3,6,9,12H2,1H3,(H,21,26)(H,22,25). The minimum absolute atomic E-state index is 0.134. The zero-order valence-electron chi connectivity index (χ0n) is 16.2. The van der Waals surface area contributed by atoms with Crippen LogP contribution in [0.5, 0.6) is 0 Å². The number of hydrogen-bond donors (Lipinski definition) is 2. The number of fused-ring (bicyclic) bond motifs is 1. The van der Waals surface area contributed by atoms with Crippen molar-refractivity contribution in [2.75, 3.05) is 7.05 Å². The van der Waals surface area contributed by atoms with Gasteiger partial charge in [0.1, 0.15) is 0 Å². The molecule has 0 fully saturated rings. The Balaban J connectivity index is 1.55. The first-order valence-corrected chi connectivity index (χ1v) is 9.24. The summed E-state index contributed by atoms with van der Waals surface area (Å²) in [4.78, 5) is 46.1. The Morgan fingerprint density at radius 2 is 2.00 bits per heavy atom. The third-order valence-corrected chi connectivity index (χ3v) is 4.55. The first-order valence-electron chi connectivity index (χ1n) is 9.24. The highest BCUT2D eigenvalue weighted by Crippen LogP contribution is 2.20. The van der Waals surface area contributed by atoms with Crippen molar-refractivity contribution in [1.29, 1.82) is 0 Å². The van der Waals surface area contributed by atoms with Crippen LogP contribution in [-0.4, -0.2) is 28.4 Å². The van der Waals surface area contributed by atoms with E-state index in [1.54, 1.807) is 25.2 Å². The summed E-state index contributed by atoms with van der Waals surface area (Å²) in [6, 6.07) is 10.9. The van der Waals surface area contributed by atoms with Gasteiger partial charge in [-0.15, -0.1) is 0 Å². The van der Waals surface area contributed by atoms with Crippen LogP contribution in [0.2, 0.25) is 0 Å². The molecule has 156 valence electrons. The lowest BCUT2D eigenvalue weighted by molar-refractivity contribution is -0.384. The molecule has 1 heterocycles. The predicted molar refractivity (Wildman–Crippen MR) is 108 cm³/mol. The number of rotatable bonds is 8. The number of nitro benzene ring substituents is 1. The number of nitrogens with one attached hydrogen (secondary N) is 2. The van der Waals surface area contributed by atoms with Crippen molar-refractivity contribution in [1.82, 2.24) is 15.2 Å². The second-order valence-corrected chi connectivity index (χ2v) is 6.59. The molecule has 0 atom stereocenters. The van der Waals surface area contributed by atoms with Crippen LogP contribution < -0.4 is 16.4 Å². The summed E-state index contributed by atoms with van der Waals surface area (Å²) in [5.74, 6) is -1.03. The van der Waals surface area contributed by atoms with Crippen LogP contribution in [0.25, 0.3) is 11.1 Å². The molecule has 2 N–H and O–H groups in total. The molecule has 0 aliphatic heterocycles. The molecule has 0 aliphatic carbocycles. The van der Waals surface area contributed by atoms with Crippen LogP contribution in [0.4, 0.5) is 5.69 Å². The van der Waals surface area contributed by atoms with Gasteiger partial charge in [0.05, 0.1) is 16.5 Å². The molecular formula is C20H20N4O6. The highest BCUT2D eigenvalue weighted by atomic mass is 16.6. The highest BCUT2D eigenvalue weighted by Gasteiger charge is 2.14. The van der Waals surface area contributed by atoms with Gasteiger partial charge in [0.25, 0.3) is 11.6 Å². The van der Waals surface area contributed by atoms with Gasteiger partial charge >= 0.3 is 5.76 Å². The number of carbonyl (C=O) groups excluding carboxylic acids is 2. The van der Waals surface area contributed by atoms with Crippen LogP contribution in [0, 0.1) is 10.1 Å². The van der Waals surface area contributed by atoms with Gasteiger partial charge in [-0.25, -0.2) is 4.79 Å². The number of carbonyl (C=O) groups is 2. The molecule has 0 saturated carbocycles. The molecule has 3 rings (SSSR count). The normalized spacial score (nSPS) is 10.7. The van der Waals surface area contributed by atoms with E-state index >= 15 is 0 Å². The third-order valence-electron chi connectivity index (χ3n) is 4.55. The highest BCUT2D eigenvalue weighted by molar-refractivity contribution is 5.94. The number of aromatic nitrogens is 1. The van der Waals surface area contributed by atoms with E-state index in [-0.39, 0.29) is 42.6 Å². The van der Waals surface area contributed by atoms with E-state index in [0.29, 0.717) is 17.5 Å². The maximum atomic E-state index is 12.1. The number of non-ortho nitro benzene ring substituents is 1. The average Bonchev–Trinajstić information content (AvgIpc) is 3.06. The minimum Gasteiger partial charge on any atom is -0.407 e. The zero-order chi connectivity index (χ0) is 21.7. The minimum atomic E-state index is -0.628. The van der Waals surface area contributed by atoms with Crippen molar-refractivity contribution in [3.05, 3.63) is 74.3 Å². The largest absolute Gasteiger partial charge is 0.419 e. The van der Waals surface area contributed by atoms with Crippen molar-refractivity contribution in [2.24, 2.45) is 0 Å². The number of nitrogens with zero attached hydrogens (tertiary/aromatic N) is 2. The van der Waals surface area contributed by atoms with Crippen molar-refractivity contribution in [3.63, 3.8) is 0 Å². The summed E-state index contributed by atoms with van der Waals surface area (Å²) in [6.45, 7) is 0.519. The zero-order valence-corrected chi connectivity index (χ0v) is 16.2. The Hall–Kier alpha value is -3.95. The van der Waals surface area contributed by atoms with E-state index in [2.05, 4.69) is 10.6 Å². The monoisotopic (exact) mass is 412 g/mol. The fourth-order valence-corrected chi connectivity index (χ4v) is 3.03. The molecule has 0 bridgehead atoms. The average molecular weight is 412 g/mol. The van der Waals surface area contributed by atoms with Gasteiger partial charge < -0.3 is 15.1 Å². The molecular weight excluding hydrogens is 392 g/mol. The van der Waals surface area contributed by atoms with E-state index in [9.17, 15) is 24.5 Å². The lowest BCUT2D eigenvalue weighted by Gasteiger charge is -2.07. The number of oxazole rings is 1. The van der Waals surface area contributed by atoms with Crippen LogP contribution in [0.3, 0.4) is 0 Å². The maximum absolute atomic E-state index is 12.1. The molecule has 0 spiro atoms. The summed E-state index contributed by atoms with van der Waals surface area (Å²) < 4.78 is 6.41. The number of hydrogen-bond acceptors (Lipinski definition) is 6. The Labute approximate surface area is 170 Å². The number of amides is 2. The second kappa shape index (κ2) is 9.03. The van der Waals surface area contributed by atoms with Crippen molar-refractivity contribution >= 4 is 28.6 Å². The third kappa shape index (κ3) is 4.72. The van der Waals surface area contributed by atoms with Crippen molar-refractivity contribution in [2.45, 2.75) is 25.9 Å². The van der Waals surface area contributed by atoms with Crippen molar-refractivity contribution in [3.8, 4) is 0 Å². The van der Waals surface area contributed by atoms with Gasteiger partial charge in [0, 0.05) is 38.2 Å². The first-order chi connectivity index (χ1) is 14.4. The first kappa shape index (κ1) is 20.8. The molecule has 1 aromatic heterocycles. The molecule has 10 nitrogen and oxygen atoms in total. The van der Waals surface area contributed by atoms with E-state index in [0.717, 1.165) is 5.56 Å². The fraction of sp³-hybridized carbons (Fsp3) is 0.250. The molecule has 30 heavy (non-hydrogen) atoms. The molecule has 0 saturated heterocycles. The van der Waals surface area contributed by atoms with Crippen LogP contribution in [0.15, 0.2) is 51.7 Å². The van der Waals surface area contributed by atoms with Gasteiger partial charge in [-0.05, 0) is 30.2 Å². The van der Waals surface area contributed by atoms with E-state index in [1.165, 1.54) is 22.8 Å². The summed E-state index contributed by atoms with van der Waals surface area (Å²) in [6.07, 6.45) is 0.566. The molecule has 2 aromatic carbocycles. The van der Waals surface area contributed by atoms with Gasteiger partial charge in [-0.2, -0.15) is 0 Å². The number of nitro groups is 1.